The molecule has 0 saturated carbocycles. The number of aryl methyl sites for hydroxylation is 1. The maximum atomic E-state index is 6.03. The molecule has 2 aromatic rings. The second kappa shape index (κ2) is 7.16. The van der Waals surface area contributed by atoms with Gasteiger partial charge in [0.1, 0.15) is 16.7 Å². The molecule has 0 fully saturated rings. The fourth-order valence-electron chi connectivity index (χ4n) is 1.62. The zero-order valence-electron chi connectivity index (χ0n) is 11.3. The Hall–Kier alpha value is -0.970. The minimum atomic E-state index is 0.549. The zero-order chi connectivity index (χ0) is 14.5. The molecule has 0 saturated heterocycles. The van der Waals surface area contributed by atoms with E-state index >= 15 is 0 Å². The van der Waals surface area contributed by atoms with Gasteiger partial charge in [-0.3, -0.25) is 0 Å². The smallest absolute Gasteiger partial charge is 0.131 e. The molecule has 0 bridgehead atoms. The fraction of sp³-hybridized carbons (Fsp3) is 0.286. The summed E-state index contributed by atoms with van der Waals surface area (Å²) in [4.78, 5) is 9.95. The first-order chi connectivity index (χ1) is 9.62. The predicted molar refractivity (Wildman–Crippen MR) is 86.2 cm³/mol. The van der Waals surface area contributed by atoms with Crippen molar-refractivity contribution >= 4 is 40.8 Å². The lowest BCUT2D eigenvalue weighted by atomic mass is 10.4. The summed E-state index contributed by atoms with van der Waals surface area (Å²) in [6, 6.07) is 7.50. The average Bonchev–Trinajstić information content (AvgIpc) is 2.43. The van der Waals surface area contributed by atoms with Crippen LogP contribution in [0.1, 0.15) is 19.7 Å². The zero-order valence-corrected chi connectivity index (χ0v) is 13.6. The highest BCUT2D eigenvalue weighted by molar-refractivity contribution is 7.99. The molecule has 3 nitrogen and oxygen atoms in total. The highest BCUT2D eigenvalue weighted by Gasteiger charge is 2.06. The molecule has 6 heteroatoms. The average molecular weight is 328 g/mol. The Morgan fingerprint density at radius 1 is 1.10 bits per heavy atom. The van der Waals surface area contributed by atoms with Crippen LogP contribution in [0, 0.1) is 0 Å². The van der Waals surface area contributed by atoms with Crippen molar-refractivity contribution in [1.29, 1.82) is 0 Å². The number of hydrogen-bond acceptors (Lipinski definition) is 4. The van der Waals surface area contributed by atoms with Crippen molar-refractivity contribution in [3.05, 3.63) is 40.1 Å². The topological polar surface area (TPSA) is 37.8 Å². The van der Waals surface area contributed by atoms with Crippen molar-refractivity contribution in [3.63, 3.8) is 0 Å². The lowest BCUT2D eigenvalue weighted by Crippen LogP contribution is -2.03. The van der Waals surface area contributed by atoms with Gasteiger partial charge in [0.2, 0.25) is 0 Å². The molecule has 1 heterocycles. The van der Waals surface area contributed by atoms with E-state index in [1.165, 1.54) is 0 Å². The van der Waals surface area contributed by atoms with Gasteiger partial charge in [-0.05, 0) is 25.1 Å². The summed E-state index contributed by atoms with van der Waals surface area (Å²) in [5.74, 6) is 1.67. The van der Waals surface area contributed by atoms with Crippen LogP contribution in [0.15, 0.2) is 34.2 Å². The minimum Gasteiger partial charge on any atom is -0.370 e. The maximum absolute atomic E-state index is 6.03. The largest absolute Gasteiger partial charge is 0.370 e. The lowest BCUT2D eigenvalue weighted by molar-refractivity contribution is 0.887. The van der Waals surface area contributed by atoms with Gasteiger partial charge in [-0.25, -0.2) is 9.97 Å². The van der Waals surface area contributed by atoms with Crippen molar-refractivity contribution < 1.29 is 0 Å². The third kappa shape index (κ3) is 4.01. The Kier molecular flexibility index (Phi) is 5.52. The molecule has 0 unspecified atom stereocenters. The molecule has 0 aliphatic carbocycles. The standard InChI is InChI=1S/C14H15Cl2N3S/c1-3-12-18-13(17-4-2)8-14(19-12)20-9-5-6-10(15)11(16)7-9/h5-8H,3-4H2,1-2H3,(H,17,18,19). The van der Waals surface area contributed by atoms with E-state index in [2.05, 4.69) is 15.3 Å². The highest BCUT2D eigenvalue weighted by Crippen LogP contribution is 2.32. The number of rotatable bonds is 5. The van der Waals surface area contributed by atoms with Crippen LogP contribution < -0.4 is 5.32 Å². The molecular weight excluding hydrogens is 313 g/mol. The Labute approximate surface area is 133 Å². The fourth-order valence-corrected chi connectivity index (χ4v) is 2.85. The van der Waals surface area contributed by atoms with Gasteiger partial charge in [0, 0.05) is 23.9 Å². The van der Waals surface area contributed by atoms with Crippen molar-refractivity contribution in [2.24, 2.45) is 0 Å². The Bertz CT molecular complexity index is 605. The molecule has 1 aromatic carbocycles. The van der Waals surface area contributed by atoms with E-state index in [9.17, 15) is 0 Å². The second-order valence-corrected chi connectivity index (χ2v) is 5.98. The maximum Gasteiger partial charge on any atom is 0.131 e. The minimum absolute atomic E-state index is 0.549. The van der Waals surface area contributed by atoms with Gasteiger partial charge >= 0.3 is 0 Å². The van der Waals surface area contributed by atoms with Gasteiger partial charge in [0.05, 0.1) is 10.0 Å². The normalized spacial score (nSPS) is 10.6. The van der Waals surface area contributed by atoms with Crippen LogP contribution in [0.3, 0.4) is 0 Å². The molecule has 0 amide bonds. The number of aromatic nitrogens is 2. The Balaban J connectivity index is 2.27. The second-order valence-electron chi connectivity index (χ2n) is 4.07. The molecule has 0 atom stereocenters. The summed E-state index contributed by atoms with van der Waals surface area (Å²) in [7, 11) is 0. The number of hydrogen-bond donors (Lipinski definition) is 1. The SMILES string of the molecule is CCNc1cc(Sc2ccc(Cl)c(Cl)c2)nc(CC)n1. The summed E-state index contributed by atoms with van der Waals surface area (Å²) < 4.78 is 0. The molecule has 0 spiro atoms. The van der Waals surface area contributed by atoms with Crippen molar-refractivity contribution in [2.75, 3.05) is 11.9 Å². The van der Waals surface area contributed by atoms with E-state index in [-0.39, 0.29) is 0 Å². The van der Waals surface area contributed by atoms with E-state index in [1.54, 1.807) is 17.8 Å². The summed E-state index contributed by atoms with van der Waals surface area (Å²) in [5.41, 5.74) is 0. The number of halogens is 2. The monoisotopic (exact) mass is 327 g/mol. The van der Waals surface area contributed by atoms with Gasteiger partial charge in [-0.1, -0.05) is 41.9 Å². The van der Waals surface area contributed by atoms with E-state index in [1.807, 2.05) is 32.0 Å². The molecule has 0 aliphatic rings. The van der Waals surface area contributed by atoms with Crippen LogP contribution in [0.25, 0.3) is 0 Å². The molecule has 106 valence electrons. The van der Waals surface area contributed by atoms with Crippen LogP contribution in [-0.2, 0) is 6.42 Å². The number of anilines is 1. The number of benzene rings is 1. The van der Waals surface area contributed by atoms with Crippen molar-refractivity contribution in [1.82, 2.24) is 9.97 Å². The van der Waals surface area contributed by atoms with E-state index < -0.39 is 0 Å². The lowest BCUT2D eigenvalue weighted by Gasteiger charge is -2.08. The van der Waals surface area contributed by atoms with Gasteiger partial charge in [0.15, 0.2) is 0 Å². The molecule has 2 rings (SSSR count). The Morgan fingerprint density at radius 2 is 1.90 bits per heavy atom. The summed E-state index contributed by atoms with van der Waals surface area (Å²) in [6.07, 6.45) is 0.800. The van der Waals surface area contributed by atoms with Crippen LogP contribution in [-0.4, -0.2) is 16.5 Å². The quantitative estimate of drug-likeness (QED) is 0.790. The van der Waals surface area contributed by atoms with Gasteiger partial charge in [-0.2, -0.15) is 0 Å². The highest BCUT2D eigenvalue weighted by atomic mass is 35.5. The summed E-state index contributed by atoms with van der Waals surface area (Å²) >= 11 is 13.5. The summed E-state index contributed by atoms with van der Waals surface area (Å²) in [6.45, 7) is 4.91. The predicted octanol–water partition coefficient (Wildman–Crippen LogP) is 4.93. The third-order valence-electron chi connectivity index (χ3n) is 2.54. The first-order valence-electron chi connectivity index (χ1n) is 6.37. The van der Waals surface area contributed by atoms with Crippen molar-refractivity contribution in [2.45, 2.75) is 30.2 Å². The molecule has 1 aromatic heterocycles. The van der Waals surface area contributed by atoms with E-state index in [0.29, 0.717) is 10.0 Å². The number of nitrogens with one attached hydrogen (secondary N) is 1. The summed E-state index contributed by atoms with van der Waals surface area (Å²) in [5, 5.41) is 5.22. The van der Waals surface area contributed by atoms with Gasteiger partial charge in [-0.15, -0.1) is 0 Å². The molecule has 0 radical (unpaired) electrons. The van der Waals surface area contributed by atoms with Crippen molar-refractivity contribution in [3.8, 4) is 0 Å². The Morgan fingerprint density at radius 3 is 2.55 bits per heavy atom. The van der Waals surface area contributed by atoms with Crippen LogP contribution in [0.4, 0.5) is 5.82 Å². The van der Waals surface area contributed by atoms with E-state index in [4.69, 9.17) is 23.2 Å². The van der Waals surface area contributed by atoms with Gasteiger partial charge in [0.25, 0.3) is 0 Å². The van der Waals surface area contributed by atoms with E-state index in [0.717, 1.165) is 34.5 Å². The molecule has 20 heavy (non-hydrogen) atoms. The first-order valence-corrected chi connectivity index (χ1v) is 7.94. The molecule has 0 aliphatic heterocycles. The molecule has 1 N–H and O–H groups in total. The first kappa shape index (κ1) is 15.4. The molecular formula is C14H15Cl2N3S. The van der Waals surface area contributed by atoms with Gasteiger partial charge < -0.3 is 5.32 Å². The van der Waals surface area contributed by atoms with Crippen LogP contribution in [0.5, 0.6) is 0 Å². The van der Waals surface area contributed by atoms with Crippen LogP contribution in [0.2, 0.25) is 10.0 Å². The van der Waals surface area contributed by atoms with Crippen LogP contribution >= 0.6 is 35.0 Å². The third-order valence-corrected chi connectivity index (χ3v) is 4.18. The number of nitrogens with zero attached hydrogens (tertiary/aromatic N) is 2.